The van der Waals surface area contributed by atoms with Crippen molar-refractivity contribution in [2.24, 2.45) is 0 Å². The number of halogens is 2. The standard InChI is InChI=1S/C23H27.2ClH.Zr/c1-4-6-11-18-15-20-14-13-19(9-5-2)23(22(20)16-18)21-12-8-7-10-17(21)3;;;/h7-8,10,12-16H,4-6,9,11H2,1-3H3;2*1H;/q-1;;;+2/p-2. The molecule has 3 aromatic carbocycles. The second-order valence-electron chi connectivity index (χ2n) is 6.71. The van der Waals surface area contributed by atoms with Crippen LogP contribution in [0.15, 0.2) is 48.5 Å². The molecule has 0 heterocycles. The molecule has 26 heavy (non-hydrogen) atoms. The maximum atomic E-state index is 4.93. The minimum atomic E-state index is -0.826. The van der Waals surface area contributed by atoms with Gasteiger partial charge in [0.2, 0.25) is 0 Å². The van der Waals surface area contributed by atoms with Crippen molar-refractivity contribution in [3.05, 3.63) is 65.2 Å². The van der Waals surface area contributed by atoms with Gasteiger partial charge in [-0.15, -0.1) is 34.5 Å². The van der Waals surface area contributed by atoms with Crippen LogP contribution in [-0.2, 0) is 33.7 Å². The van der Waals surface area contributed by atoms with E-state index in [2.05, 4.69) is 69.3 Å². The Morgan fingerprint density at radius 3 is 2.35 bits per heavy atom. The molecule has 0 amide bonds. The topological polar surface area (TPSA) is 0 Å². The molecular formula is C23H27Cl2Zr-. The van der Waals surface area contributed by atoms with Crippen LogP contribution < -0.4 is 0 Å². The van der Waals surface area contributed by atoms with Crippen LogP contribution in [0.3, 0.4) is 0 Å². The van der Waals surface area contributed by atoms with Gasteiger partial charge in [0.1, 0.15) is 0 Å². The number of hydrogen-bond acceptors (Lipinski definition) is 0. The van der Waals surface area contributed by atoms with E-state index in [-0.39, 0.29) is 0 Å². The normalized spacial score (nSPS) is 10.5. The Balaban J connectivity index is 0.000000758. The minimum absolute atomic E-state index is 0.826. The van der Waals surface area contributed by atoms with E-state index in [4.69, 9.17) is 17.0 Å². The van der Waals surface area contributed by atoms with Gasteiger partial charge in [-0.1, -0.05) is 68.5 Å². The van der Waals surface area contributed by atoms with E-state index in [9.17, 15) is 0 Å². The van der Waals surface area contributed by atoms with Gasteiger partial charge in [0.15, 0.2) is 0 Å². The third kappa shape index (κ3) is 5.51. The molecule has 0 N–H and O–H groups in total. The van der Waals surface area contributed by atoms with E-state index >= 15 is 0 Å². The number of benzene rings is 2. The number of unbranched alkanes of at least 4 members (excludes halogenated alkanes) is 1. The fourth-order valence-corrected chi connectivity index (χ4v) is 3.56. The summed E-state index contributed by atoms with van der Waals surface area (Å²) in [5.41, 5.74) is 7.21. The summed E-state index contributed by atoms with van der Waals surface area (Å²) < 4.78 is 0. The Morgan fingerprint density at radius 2 is 1.69 bits per heavy atom. The molecular weight excluding hydrogens is 438 g/mol. The monoisotopic (exact) mass is 463 g/mol. The summed E-state index contributed by atoms with van der Waals surface area (Å²) >= 11 is -0.826. The molecule has 3 aromatic rings. The summed E-state index contributed by atoms with van der Waals surface area (Å²) in [7, 11) is 9.87. The first kappa shape index (κ1) is 21.8. The summed E-state index contributed by atoms with van der Waals surface area (Å²) in [5, 5.41) is 2.84. The Kier molecular flexibility index (Phi) is 9.54. The van der Waals surface area contributed by atoms with Crippen molar-refractivity contribution in [3.8, 4) is 11.1 Å². The first-order valence-corrected chi connectivity index (χ1v) is 15.7. The van der Waals surface area contributed by atoms with E-state index in [1.807, 2.05) is 0 Å². The summed E-state index contributed by atoms with van der Waals surface area (Å²) in [6.07, 6.45) is 6.06. The molecule has 138 valence electrons. The Labute approximate surface area is 176 Å². The Bertz CT molecular complexity index is 820. The van der Waals surface area contributed by atoms with Crippen molar-refractivity contribution in [1.29, 1.82) is 0 Å². The maximum absolute atomic E-state index is 4.93. The van der Waals surface area contributed by atoms with E-state index < -0.39 is 20.8 Å². The van der Waals surface area contributed by atoms with Crippen LogP contribution in [0.4, 0.5) is 0 Å². The van der Waals surface area contributed by atoms with Crippen molar-refractivity contribution in [1.82, 2.24) is 0 Å². The van der Waals surface area contributed by atoms with Crippen LogP contribution in [0.1, 0.15) is 49.8 Å². The van der Waals surface area contributed by atoms with Crippen molar-refractivity contribution >= 4 is 27.8 Å². The first-order chi connectivity index (χ1) is 12.7. The van der Waals surface area contributed by atoms with E-state index in [1.165, 1.54) is 64.3 Å². The molecule has 0 spiro atoms. The van der Waals surface area contributed by atoms with Crippen LogP contribution in [0, 0.1) is 6.92 Å². The average molecular weight is 466 g/mol. The van der Waals surface area contributed by atoms with Crippen LogP contribution in [0.25, 0.3) is 21.9 Å². The molecule has 0 nitrogen and oxygen atoms in total. The molecule has 3 heteroatoms. The van der Waals surface area contributed by atoms with Gasteiger partial charge in [-0.05, 0) is 30.9 Å². The van der Waals surface area contributed by atoms with Crippen molar-refractivity contribution in [2.45, 2.75) is 52.9 Å². The van der Waals surface area contributed by atoms with Crippen molar-refractivity contribution in [2.75, 3.05) is 0 Å². The third-order valence-corrected chi connectivity index (χ3v) is 4.79. The van der Waals surface area contributed by atoms with E-state index in [0.29, 0.717) is 0 Å². The zero-order valence-corrected chi connectivity index (χ0v) is 19.9. The molecule has 0 bridgehead atoms. The number of aryl methyl sites for hydroxylation is 3. The summed E-state index contributed by atoms with van der Waals surface area (Å²) in [6, 6.07) is 18.3. The molecule has 3 rings (SSSR count). The molecule has 0 aliphatic heterocycles. The van der Waals surface area contributed by atoms with Crippen LogP contribution in [-0.4, -0.2) is 0 Å². The second kappa shape index (κ2) is 11.4. The zero-order valence-electron chi connectivity index (χ0n) is 15.9. The van der Waals surface area contributed by atoms with Gasteiger partial charge in [0.25, 0.3) is 0 Å². The van der Waals surface area contributed by atoms with Crippen LogP contribution in [0.5, 0.6) is 0 Å². The second-order valence-corrected chi connectivity index (χ2v) is 10.4. The molecule has 0 fully saturated rings. The Morgan fingerprint density at radius 1 is 0.962 bits per heavy atom. The Hall–Kier alpha value is -0.487. The fourth-order valence-electron chi connectivity index (χ4n) is 3.56. The molecule has 0 saturated heterocycles. The molecule has 0 aromatic heterocycles. The molecule has 0 unspecified atom stereocenters. The summed E-state index contributed by atoms with van der Waals surface area (Å²) in [4.78, 5) is 0. The summed E-state index contributed by atoms with van der Waals surface area (Å²) in [6.45, 7) is 6.76. The van der Waals surface area contributed by atoms with Gasteiger partial charge in [0.05, 0.1) is 0 Å². The molecule has 0 aliphatic carbocycles. The van der Waals surface area contributed by atoms with E-state index in [1.54, 1.807) is 0 Å². The number of hydrogen-bond donors (Lipinski definition) is 0. The van der Waals surface area contributed by atoms with Gasteiger partial charge in [-0.2, -0.15) is 6.07 Å². The van der Waals surface area contributed by atoms with Crippen LogP contribution in [0.2, 0.25) is 0 Å². The zero-order chi connectivity index (χ0) is 18.9. The van der Waals surface area contributed by atoms with Gasteiger partial charge in [-0.25, -0.2) is 0 Å². The quantitative estimate of drug-likeness (QED) is 0.322. The van der Waals surface area contributed by atoms with Crippen LogP contribution >= 0.6 is 17.0 Å². The van der Waals surface area contributed by atoms with Gasteiger partial charge < -0.3 is 0 Å². The average Bonchev–Trinajstić information content (AvgIpc) is 3.05. The van der Waals surface area contributed by atoms with Crippen molar-refractivity contribution < 1.29 is 20.8 Å². The molecule has 0 radical (unpaired) electrons. The van der Waals surface area contributed by atoms with Gasteiger partial charge in [0, 0.05) is 0 Å². The van der Waals surface area contributed by atoms with E-state index in [0.717, 1.165) is 6.42 Å². The predicted molar refractivity (Wildman–Crippen MR) is 114 cm³/mol. The number of rotatable bonds is 6. The fraction of sp³-hybridized carbons (Fsp3) is 0.348. The van der Waals surface area contributed by atoms with Crippen molar-refractivity contribution in [3.63, 3.8) is 0 Å². The predicted octanol–water partition coefficient (Wildman–Crippen LogP) is 8.21. The van der Waals surface area contributed by atoms with Gasteiger partial charge >= 0.3 is 37.9 Å². The molecule has 0 aliphatic rings. The molecule has 0 saturated carbocycles. The molecule has 0 atom stereocenters. The third-order valence-electron chi connectivity index (χ3n) is 4.79. The first-order valence-electron chi connectivity index (χ1n) is 9.39. The summed E-state index contributed by atoms with van der Waals surface area (Å²) in [5.74, 6) is 0. The number of fused-ring (bicyclic) bond motifs is 1. The van der Waals surface area contributed by atoms with Gasteiger partial charge in [-0.3, -0.25) is 0 Å². The SMILES string of the molecule is CCCCc1cc2c(-c3ccccc3C)c(CCC)ccc2[cH-]1.[Cl][Zr][Cl].